The first-order valence-corrected chi connectivity index (χ1v) is 6.58. The van der Waals surface area contributed by atoms with Crippen LogP contribution in [0.25, 0.3) is 0 Å². The number of rotatable bonds is 7. The molecule has 2 unspecified atom stereocenters. The van der Waals surface area contributed by atoms with Crippen molar-refractivity contribution in [2.24, 2.45) is 0 Å². The van der Waals surface area contributed by atoms with Crippen LogP contribution in [0, 0.1) is 0 Å². The number of hydrogen-bond acceptors (Lipinski definition) is 4. The summed E-state index contributed by atoms with van der Waals surface area (Å²) in [5.74, 6) is 0. The Morgan fingerprint density at radius 2 is 2.38 bits per heavy atom. The average Bonchev–Trinajstić information content (AvgIpc) is 2.96. The van der Waals surface area contributed by atoms with E-state index in [1.54, 1.807) is 0 Å². The summed E-state index contributed by atoms with van der Waals surface area (Å²) in [6.07, 6.45) is 5.10. The smallest absolute Gasteiger partial charge is 0.0809 e. The van der Waals surface area contributed by atoms with Gasteiger partial charge in [-0.15, -0.1) is 0 Å². The Hall–Kier alpha value is -0.160. The Balaban J connectivity index is 1.37. The maximum absolute atomic E-state index is 5.60. The summed E-state index contributed by atoms with van der Waals surface area (Å²) in [6, 6.07) is 0.679. The summed E-state index contributed by atoms with van der Waals surface area (Å²) in [4.78, 5) is 0. The molecule has 0 spiro atoms. The van der Waals surface area contributed by atoms with Crippen LogP contribution in [0.4, 0.5) is 0 Å². The first-order chi connectivity index (χ1) is 7.95. The molecule has 0 saturated carbocycles. The molecular formula is C12H24N2O2. The Kier molecular flexibility index (Phi) is 5.55. The van der Waals surface area contributed by atoms with E-state index in [9.17, 15) is 0 Å². The van der Waals surface area contributed by atoms with Gasteiger partial charge in [0.15, 0.2) is 0 Å². The Morgan fingerprint density at radius 1 is 1.38 bits per heavy atom. The minimum Gasteiger partial charge on any atom is -0.379 e. The van der Waals surface area contributed by atoms with Crippen LogP contribution in [0.2, 0.25) is 0 Å². The van der Waals surface area contributed by atoms with Gasteiger partial charge >= 0.3 is 0 Å². The molecule has 2 fully saturated rings. The SMILES string of the molecule is C(CNC1CCNC1)COCC1CCCO1. The maximum atomic E-state index is 5.60. The fourth-order valence-electron chi connectivity index (χ4n) is 2.30. The van der Waals surface area contributed by atoms with Gasteiger partial charge in [0, 0.05) is 25.8 Å². The van der Waals surface area contributed by atoms with Gasteiger partial charge in [-0.2, -0.15) is 0 Å². The summed E-state index contributed by atoms with van der Waals surface area (Å²) in [5.41, 5.74) is 0. The maximum Gasteiger partial charge on any atom is 0.0809 e. The monoisotopic (exact) mass is 228 g/mol. The topological polar surface area (TPSA) is 42.5 Å². The Labute approximate surface area is 98.1 Å². The van der Waals surface area contributed by atoms with E-state index in [0.717, 1.165) is 45.9 Å². The number of ether oxygens (including phenoxy) is 2. The van der Waals surface area contributed by atoms with E-state index in [-0.39, 0.29) is 0 Å². The first kappa shape index (κ1) is 12.3. The molecule has 2 rings (SSSR count). The molecule has 0 bridgehead atoms. The summed E-state index contributed by atoms with van der Waals surface area (Å²) in [7, 11) is 0. The van der Waals surface area contributed by atoms with Crippen LogP contribution < -0.4 is 10.6 Å². The molecule has 16 heavy (non-hydrogen) atoms. The minimum atomic E-state index is 0.368. The third-order valence-electron chi connectivity index (χ3n) is 3.29. The fourth-order valence-corrected chi connectivity index (χ4v) is 2.30. The van der Waals surface area contributed by atoms with Crippen molar-refractivity contribution in [2.45, 2.75) is 37.8 Å². The molecule has 4 nitrogen and oxygen atoms in total. The van der Waals surface area contributed by atoms with Gasteiger partial charge in [-0.1, -0.05) is 0 Å². The highest BCUT2D eigenvalue weighted by Crippen LogP contribution is 2.11. The minimum absolute atomic E-state index is 0.368. The van der Waals surface area contributed by atoms with Crippen molar-refractivity contribution in [2.75, 3.05) is 39.5 Å². The molecule has 2 N–H and O–H groups in total. The van der Waals surface area contributed by atoms with Crippen molar-refractivity contribution < 1.29 is 9.47 Å². The van der Waals surface area contributed by atoms with Gasteiger partial charge in [-0.3, -0.25) is 0 Å². The van der Waals surface area contributed by atoms with E-state index in [0.29, 0.717) is 12.1 Å². The fraction of sp³-hybridized carbons (Fsp3) is 1.00. The second-order valence-electron chi connectivity index (χ2n) is 4.71. The van der Waals surface area contributed by atoms with Gasteiger partial charge in [0.2, 0.25) is 0 Å². The summed E-state index contributed by atoms with van der Waals surface area (Å²) < 4.78 is 11.1. The van der Waals surface area contributed by atoms with E-state index < -0.39 is 0 Å². The van der Waals surface area contributed by atoms with Crippen LogP contribution in [0.5, 0.6) is 0 Å². The van der Waals surface area contributed by atoms with Crippen LogP contribution in [0.15, 0.2) is 0 Å². The van der Waals surface area contributed by atoms with E-state index >= 15 is 0 Å². The van der Waals surface area contributed by atoms with Crippen molar-refractivity contribution >= 4 is 0 Å². The molecular weight excluding hydrogens is 204 g/mol. The van der Waals surface area contributed by atoms with Crippen molar-refractivity contribution in [3.8, 4) is 0 Å². The van der Waals surface area contributed by atoms with Crippen LogP contribution in [-0.2, 0) is 9.47 Å². The Morgan fingerprint density at radius 3 is 3.12 bits per heavy atom. The summed E-state index contributed by atoms with van der Waals surface area (Å²) in [6.45, 7) is 5.91. The number of hydrogen-bond donors (Lipinski definition) is 2. The summed E-state index contributed by atoms with van der Waals surface area (Å²) >= 11 is 0. The number of nitrogens with one attached hydrogen (secondary N) is 2. The molecule has 2 heterocycles. The normalized spacial score (nSPS) is 30.0. The standard InChI is InChI=1S/C12H24N2O2/c1-3-12(16-8-1)10-15-7-2-5-14-11-4-6-13-9-11/h11-14H,1-10H2. The van der Waals surface area contributed by atoms with Gasteiger partial charge in [0.05, 0.1) is 12.7 Å². The zero-order valence-corrected chi connectivity index (χ0v) is 10.0. The molecule has 2 atom stereocenters. The Bertz CT molecular complexity index is 158. The van der Waals surface area contributed by atoms with Crippen LogP contribution in [0.3, 0.4) is 0 Å². The van der Waals surface area contributed by atoms with Crippen LogP contribution in [0.1, 0.15) is 25.7 Å². The molecule has 4 heteroatoms. The predicted octanol–water partition coefficient (Wildman–Crippen LogP) is 0.524. The zero-order chi connectivity index (χ0) is 11.1. The molecule has 0 aliphatic carbocycles. The highest BCUT2D eigenvalue weighted by Gasteiger charge is 2.15. The lowest BCUT2D eigenvalue weighted by Crippen LogP contribution is -2.32. The van der Waals surface area contributed by atoms with Crippen LogP contribution in [-0.4, -0.2) is 51.6 Å². The molecule has 94 valence electrons. The van der Waals surface area contributed by atoms with E-state index in [1.165, 1.54) is 19.3 Å². The van der Waals surface area contributed by atoms with Gasteiger partial charge in [0.25, 0.3) is 0 Å². The van der Waals surface area contributed by atoms with E-state index in [4.69, 9.17) is 9.47 Å². The van der Waals surface area contributed by atoms with Gasteiger partial charge < -0.3 is 20.1 Å². The van der Waals surface area contributed by atoms with Gasteiger partial charge in [-0.25, -0.2) is 0 Å². The highest BCUT2D eigenvalue weighted by molar-refractivity contribution is 4.76. The molecule has 0 aromatic carbocycles. The highest BCUT2D eigenvalue weighted by atomic mass is 16.5. The molecule has 0 aromatic rings. The largest absolute Gasteiger partial charge is 0.379 e. The second kappa shape index (κ2) is 7.22. The van der Waals surface area contributed by atoms with Gasteiger partial charge in [-0.05, 0) is 38.8 Å². The third kappa shape index (κ3) is 4.37. The lowest BCUT2D eigenvalue weighted by Gasteiger charge is -2.12. The molecule has 2 aliphatic heterocycles. The van der Waals surface area contributed by atoms with Crippen LogP contribution >= 0.6 is 0 Å². The molecule has 0 aromatic heterocycles. The van der Waals surface area contributed by atoms with Gasteiger partial charge in [0.1, 0.15) is 0 Å². The first-order valence-electron chi connectivity index (χ1n) is 6.58. The summed E-state index contributed by atoms with van der Waals surface area (Å²) in [5, 5.41) is 6.89. The zero-order valence-electron chi connectivity index (χ0n) is 10.0. The van der Waals surface area contributed by atoms with Crippen molar-refractivity contribution in [3.63, 3.8) is 0 Å². The molecule has 0 radical (unpaired) electrons. The van der Waals surface area contributed by atoms with Crippen molar-refractivity contribution in [1.82, 2.24) is 10.6 Å². The van der Waals surface area contributed by atoms with E-state index in [1.807, 2.05) is 0 Å². The van der Waals surface area contributed by atoms with Crippen molar-refractivity contribution in [3.05, 3.63) is 0 Å². The quantitative estimate of drug-likeness (QED) is 0.624. The molecule has 2 aliphatic rings. The van der Waals surface area contributed by atoms with Crippen molar-refractivity contribution in [1.29, 1.82) is 0 Å². The lowest BCUT2D eigenvalue weighted by atomic mass is 10.2. The lowest BCUT2D eigenvalue weighted by molar-refractivity contribution is 0.0165. The molecule has 0 amide bonds. The average molecular weight is 228 g/mol. The second-order valence-corrected chi connectivity index (χ2v) is 4.71. The predicted molar refractivity (Wildman–Crippen MR) is 63.7 cm³/mol. The molecule has 2 saturated heterocycles. The third-order valence-corrected chi connectivity index (χ3v) is 3.29. The van der Waals surface area contributed by atoms with E-state index in [2.05, 4.69) is 10.6 Å².